The molecule has 0 spiro atoms. The molecule has 0 radical (unpaired) electrons. The van der Waals surface area contributed by atoms with Crippen molar-refractivity contribution in [2.45, 2.75) is 51.7 Å². The predicted octanol–water partition coefficient (Wildman–Crippen LogP) is 2.38. The van der Waals surface area contributed by atoms with Crippen molar-refractivity contribution in [2.75, 3.05) is 25.0 Å². The van der Waals surface area contributed by atoms with Gasteiger partial charge in [-0.3, -0.25) is 14.4 Å². The number of carbonyl (C=O) groups is 3. The average Bonchev–Trinajstić information content (AvgIpc) is 3.27. The largest absolute Gasteiger partial charge is 0.445 e. The van der Waals surface area contributed by atoms with Gasteiger partial charge in [0.25, 0.3) is 0 Å². The van der Waals surface area contributed by atoms with Crippen molar-refractivity contribution >= 4 is 34.2 Å². The van der Waals surface area contributed by atoms with Gasteiger partial charge in [-0.15, -0.1) is 10.2 Å². The van der Waals surface area contributed by atoms with Gasteiger partial charge >= 0.3 is 6.18 Å². The molecule has 1 atom stereocenters. The Morgan fingerprint density at radius 1 is 1.10 bits per heavy atom. The number of aromatic nitrogens is 2. The van der Waals surface area contributed by atoms with Gasteiger partial charge in [0.05, 0.1) is 5.92 Å². The quantitative estimate of drug-likeness (QED) is 0.768. The molecule has 0 saturated carbocycles. The van der Waals surface area contributed by atoms with E-state index >= 15 is 0 Å². The van der Waals surface area contributed by atoms with Crippen LogP contribution in [0, 0.1) is 11.8 Å². The number of hydrogen-bond donors (Lipinski definition) is 1. The standard InChI is InChI=1S/C18H24F3N5O3S/c1-17(2,3)26-9-11(8-12(26)27)14(29)25-6-4-10(5-7-25)13(28)22-16-24-23-15(30-16)18(19,20)21/h10-11H,4-9H2,1-3H3,(H,22,24,28). The van der Waals surface area contributed by atoms with E-state index in [1.807, 2.05) is 20.8 Å². The second-order valence-corrected chi connectivity index (χ2v) is 9.55. The summed E-state index contributed by atoms with van der Waals surface area (Å²) in [6, 6.07) is 0. The molecule has 0 aromatic carbocycles. The molecule has 1 unspecified atom stereocenters. The molecule has 3 heterocycles. The second-order valence-electron chi connectivity index (χ2n) is 8.58. The van der Waals surface area contributed by atoms with Crippen LogP contribution in [0.4, 0.5) is 18.3 Å². The van der Waals surface area contributed by atoms with Crippen molar-refractivity contribution in [1.29, 1.82) is 0 Å². The fourth-order valence-electron chi connectivity index (χ4n) is 3.74. The fraction of sp³-hybridized carbons (Fsp3) is 0.722. The third-order valence-electron chi connectivity index (χ3n) is 5.36. The Bertz CT molecular complexity index is 828. The van der Waals surface area contributed by atoms with Crippen LogP contribution in [0.2, 0.25) is 0 Å². The minimum atomic E-state index is -4.60. The van der Waals surface area contributed by atoms with Crippen LogP contribution in [0.3, 0.4) is 0 Å². The lowest BCUT2D eigenvalue weighted by Gasteiger charge is -2.34. The van der Waals surface area contributed by atoms with Crippen LogP contribution in [0.5, 0.6) is 0 Å². The van der Waals surface area contributed by atoms with E-state index in [1.54, 1.807) is 9.80 Å². The van der Waals surface area contributed by atoms with Gasteiger partial charge < -0.3 is 15.1 Å². The summed E-state index contributed by atoms with van der Waals surface area (Å²) >= 11 is 0.276. The molecule has 2 saturated heterocycles. The van der Waals surface area contributed by atoms with Crippen molar-refractivity contribution in [3.63, 3.8) is 0 Å². The number of halogens is 3. The molecule has 166 valence electrons. The number of piperidine rings is 1. The third kappa shape index (κ3) is 4.90. The van der Waals surface area contributed by atoms with Crippen molar-refractivity contribution in [2.24, 2.45) is 11.8 Å². The number of amides is 3. The molecule has 12 heteroatoms. The number of hydrogen-bond acceptors (Lipinski definition) is 6. The zero-order valence-corrected chi connectivity index (χ0v) is 17.8. The van der Waals surface area contributed by atoms with Crippen LogP contribution in [-0.4, -0.2) is 62.9 Å². The molecular weight excluding hydrogens is 423 g/mol. The second kappa shape index (κ2) is 8.12. The number of likely N-dealkylation sites (tertiary alicyclic amines) is 2. The highest BCUT2D eigenvalue weighted by molar-refractivity contribution is 7.15. The summed E-state index contributed by atoms with van der Waals surface area (Å²) < 4.78 is 37.8. The molecule has 0 bridgehead atoms. The van der Waals surface area contributed by atoms with Crippen molar-refractivity contribution in [1.82, 2.24) is 20.0 Å². The van der Waals surface area contributed by atoms with Gasteiger partial charge in [-0.25, -0.2) is 0 Å². The fourth-order valence-corrected chi connectivity index (χ4v) is 4.35. The minimum Gasteiger partial charge on any atom is -0.342 e. The first-order valence-electron chi connectivity index (χ1n) is 9.67. The summed E-state index contributed by atoms with van der Waals surface area (Å²) in [6.07, 6.45) is -3.62. The summed E-state index contributed by atoms with van der Waals surface area (Å²) in [5.74, 6) is -1.37. The van der Waals surface area contributed by atoms with E-state index < -0.39 is 23.0 Å². The van der Waals surface area contributed by atoms with Crippen molar-refractivity contribution < 1.29 is 27.6 Å². The molecule has 0 aliphatic carbocycles. The van der Waals surface area contributed by atoms with E-state index in [2.05, 4.69) is 15.5 Å². The van der Waals surface area contributed by atoms with Crippen molar-refractivity contribution in [3.05, 3.63) is 5.01 Å². The van der Waals surface area contributed by atoms with E-state index in [-0.39, 0.29) is 46.2 Å². The molecule has 3 amide bonds. The van der Waals surface area contributed by atoms with Gasteiger partial charge in [0.1, 0.15) is 0 Å². The monoisotopic (exact) mass is 447 g/mol. The Labute approximate surface area is 175 Å². The van der Waals surface area contributed by atoms with Gasteiger partial charge in [-0.2, -0.15) is 13.2 Å². The first kappa shape index (κ1) is 22.4. The molecule has 2 fully saturated rings. The third-order valence-corrected chi connectivity index (χ3v) is 6.24. The number of anilines is 1. The topological polar surface area (TPSA) is 95.5 Å². The Morgan fingerprint density at radius 3 is 2.23 bits per heavy atom. The molecule has 2 aliphatic rings. The van der Waals surface area contributed by atoms with Gasteiger partial charge in [-0.05, 0) is 33.6 Å². The van der Waals surface area contributed by atoms with Gasteiger partial charge in [0.15, 0.2) is 0 Å². The Kier molecular flexibility index (Phi) is 6.08. The number of nitrogens with zero attached hydrogens (tertiary/aromatic N) is 4. The summed E-state index contributed by atoms with van der Waals surface area (Å²) in [6.45, 7) is 6.90. The van der Waals surface area contributed by atoms with E-state index in [0.717, 1.165) is 0 Å². The Balaban J connectivity index is 1.51. The molecule has 1 N–H and O–H groups in total. The van der Waals surface area contributed by atoms with Crippen LogP contribution in [-0.2, 0) is 20.6 Å². The van der Waals surface area contributed by atoms with Crippen LogP contribution in [0.25, 0.3) is 0 Å². The van der Waals surface area contributed by atoms with E-state index in [9.17, 15) is 27.6 Å². The lowest BCUT2D eigenvalue weighted by Crippen LogP contribution is -2.46. The SMILES string of the molecule is CC(C)(C)N1CC(C(=O)N2CCC(C(=O)Nc3nnc(C(F)(F)F)s3)CC2)CC1=O. The smallest absolute Gasteiger partial charge is 0.342 e. The molecule has 30 heavy (non-hydrogen) atoms. The van der Waals surface area contributed by atoms with Crippen LogP contribution >= 0.6 is 11.3 Å². The summed E-state index contributed by atoms with van der Waals surface area (Å²) in [5, 5.41) is 7.47. The maximum atomic E-state index is 12.8. The first-order valence-corrected chi connectivity index (χ1v) is 10.5. The van der Waals surface area contributed by atoms with Crippen LogP contribution in [0.1, 0.15) is 45.0 Å². The van der Waals surface area contributed by atoms with Crippen LogP contribution < -0.4 is 5.32 Å². The van der Waals surface area contributed by atoms with Gasteiger partial charge in [-0.1, -0.05) is 11.3 Å². The van der Waals surface area contributed by atoms with E-state index in [0.29, 0.717) is 32.5 Å². The first-order chi connectivity index (χ1) is 13.9. The summed E-state index contributed by atoms with van der Waals surface area (Å²) in [7, 11) is 0. The Morgan fingerprint density at radius 2 is 1.73 bits per heavy atom. The molecule has 8 nitrogen and oxygen atoms in total. The van der Waals surface area contributed by atoms with Gasteiger partial charge in [0, 0.05) is 37.5 Å². The summed E-state index contributed by atoms with van der Waals surface area (Å²) in [4.78, 5) is 40.8. The maximum absolute atomic E-state index is 12.8. The number of carbonyl (C=O) groups excluding carboxylic acids is 3. The van der Waals surface area contributed by atoms with E-state index in [4.69, 9.17) is 0 Å². The lowest BCUT2D eigenvalue weighted by molar-refractivity contribution is -0.138. The molecule has 1 aromatic rings. The normalized spacial score (nSPS) is 21.3. The summed E-state index contributed by atoms with van der Waals surface area (Å²) in [5.41, 5.74) is -0.339. The molecular formula is C18H24F3N5O3S. The van der Waals surface area contributed by atoms with Crippen molar-refractivity contribution in [3.8, 4) is 0 Å². The predicted molar refractivity (Wildman–Crippen MR) is 102 cm³/mol. The number of alkyl halides is 3. The number of rotatable bonds is 3. The minimum absolute atomic E-state index is 0.0367. The average molecular weight is 447 g/mol. The molecule has 2 aliphatic heterocycles. The zero-order chi connectivity index (χ0) is 22.3. The molecule has 1 aromatic heterocycles. The highest BCUT2D eigenvalue weighted by Gasteiger charge is 2.42. The zero-order valence-electron chi connectivity index (χ0n) is 17.0. The maximum Gasteiger partial charge on any atom is 0.445 e. The van der Waals surface area contributed by atoms with Crippen LogP contribution in [0.15, 0.2) is 0 Å². The van der Waals surface area contributed by atoms with Gasteiger partial charge in [0.2, 0.25) is 27.9 Å². The number of nitrogens with one attached hydrogen (secondary N) is 1. The Hall–Kier alpha value is -2.24. The lowest BCUT2D eigenvalue weighted by atomic mass is 9.94. The molecule has 3 rings (SSSR count). The van der Waals surface area contributed by atoms with E-state index in [1.165, 1.54) is 0 Å². The highest BCUT2D eigenvalue weighted by atomic mass is 32.1. The highest BCUT2D eigenvalue weighted by Crippen LogP contribution is 2.33.